The van der Waals surface area contributed by atoms with Gasteiger partial charge in [0, 0.05) is 17.8 Å². The Kier molecular flexibility index (Phi) is 5.92. The molecule has 1 amide bonds. The van der Waals surface area contributed by atoms with Crippen molar-refractivity contribution in [3.8, 4) is 0 Å². The fourth-order valence-corrected chi connectivity index (χ4v) is 4.91. The summed E-state index contributed by atoms with van der Waals surface area (Å²) in [5.41, 5.74) is 3.63. The molecule has 6 heteroatoms. The van der Waals surface area contributed by atoms with E-state index >= 15 is 0 Å². The predicted octanol–water partition coefficient (Wildman–Crippen LogP) is 4.66. The van der Waals surface area contributed by atoms with Gasteiger partial charge in [-0.3, -0.25) is 9.36 Å². The van der Waals surface area contributed by atoms with Crippen molar-refractivity contribution >= 4 is 19.2 Å². The minimum Gasteiger partial charge on any atom is -0.309 e. The van der Waals surface area contributed by atoms with Crippen LogP contribution in [0.1, 0.15) is 35.3 Å². The second-order valence-electron chi connectivity index (χ2n) is 6.14. The van der Waals surface area contributed by atoms with Crippen molar-refractivity contribution in [2.45, 2.75) is 26.4 Å². The number of benzene rings is 2. The number of carbonyl (C=O) groups is 1. The van der Waals surface area contributed by atoms with Gasteiger partial charge in [-0.25, -0.2) is 0 Å². The summed E-state index contributed by atoms with van der Waals surface area (Å²) in [7, 11) is -3.14. The topological polar surface area (TPSA) is 55.8 Å². The monoisotopic (exact) mass is 373 g/mol. The summed E-state index contributed by atoms with van der Waals surface area (Å²) in [6.07, 6.45) is 1.08. The highest BCUT2D eigenvalue weighted by Gasteiger charge is 2.26. The van der Waals surface area contributed by atoms with Crippen LogP contribution in [0.2, 0.25) is 0 Å². The van der Waals surface area contributed by atoms with Gasteiger partial charge in [-0.05, 0) is 49.6 Å². The Labute approximate surface area is 154 Å². The van der Waals surface area contributed by atoms with E-state index in [0.29, 0.717) is 25.3 Å². The molecule has 0 fully saturated rings. The largest absolute Gasteiger partial charge is 0.335 e. The molecule has 0 spiro atoms. The Morgan fingerprint density at radius 3 is 2.35 bits per heavy atom. The molecule has 0 saturated carbocycles. The highest BCUT2D eigenvalue weighted by molar-refractivity contribution is 7.53. The van der Waals surface area contributed by atoms with Crippen molar-refractivity contribution in [3.05, 3.63) is 65.2 Å². The molecule has 1 aliphatic rings. The minimum absolute atomic E-state index is 0.0145. The smallest absolute Gasteiger partial charge is 0.309 e. The van der Waals surface area contributed by atoms with E-state index in [-0.39, 0.29) is 12.1 Å². The normalized spacial score (nSPS) is 13.7. The number of amides is 1. The van der Waals surface area contributed by atoms with E-state index < -0.39 is 7.60 Å². The zero-order chi connectivity index (χ0) is 18.6. The van der Waals surface area contributed by atoms with Crippen LogP contribution in [0.15, 0.2) is 48.5 Å². The zero-order valence-corrected chi connectivity index (χ0v) is 16.1. The average Bonchev–Trinajstić information content (AvgIpc) is 3.06. The van der Waals surface area contributed by atoms with Crippen molar-refractivity contribution in [3.63, 3.8) is 0 Å². The van der Waals surface area contributed by atoms with Crippen LogP contribution in [-0.4, -0.2) is 25.7 Å². The molecule has 0 aliphatic carbocycles. The van der Waals surface area contributed by atoms with Gasteiger partial charge in [0.1, 0.15) is 0 Å². The molecule has 0 aromatic heterocycles. The molecule has 26 heavy (non-hydrogen) atoms. The van der Waals surface area contributed by atoms with Crippen LogP contribution in [0.4, 0.5) is 5.69 Å². The predicted molar refractivity (Wildman–Crippen MR) is 103 cm³/mol. The van der Waals surface area contributed by atoms with Gasteiger partial charge in [-0.2, -0.15) is 0 Å². The van der Waals surface area contributed by atoms with Crippen molar-refractivity contribution < 1.29 is 18.4 Å². The highest BCUT2D eigenvalue weighted by Crippen LogP contribution is 2.51. The van der Waals surface area contributed by atoms with Gasteiger partial charge in [0.25, 0.3) is 5.91 Å². The van der Waals surface area contributed by atoms with Crippen LogP contribution in [0.5, 0.6) is 0 Å². The summed E-state index contributed by atoms with van der Waals surface area (Å²) in [5, 5.41) is 0. The fourth-order valence-electron chi connectivity index (χ4n) is 3.20. The van der Waals surface area contributed by atoms with Crippen molar-refractivity contribution in [1.82, 2.24) is 0 Å². The van der Waals surface area contributed by atoms with Crippen molar-refractivity contribution in [2.24, 2.45) is 0 Å². The molecular weight excluding hydrogens is 349 g/mol. The second kappa shape index (κ2) is 8.17. The lowest BCUT2D eigenvalue weighted by Gasteiger charge is -2.18. The lowest BCUT2D eigenvalue weighted by Crippen LogP contribution is -2.28. The molecule has 1 heterocycles. The van der Waals surface area contributed by atoms with Gasteiger partial charge < -0.3 is 13.9 Å². The third-order valence-electron chi connectivity index (χ3n) is 4.36. The maximum atomic E-state index is 12.8. The first-order valence-corrected chi connectivity index (χ1v) is 10.7. The molecule has 138 valence electrons. The molecule has 0 bridgehead atoms. The Morgan fingerprint density at radius 1 is 1.04 bits per heavy atom. The van der Waals surface area contributed by atoms with Crippen LogP contribution in [0.3, 0.4) is 0 Å². The molecule has 0 unspecified atom stereocenters. The van der Waals surface area contributed by atoms with Crippen LogP contribution >= 0.6 is 7.60 Å². The minimum atomic E-state index is -3.14. The Morgan fingerprint density at radius 2 is 1.69 bits per heavy atom. The number of nitrogens with zero attached hydrogens (tertiary/aromatic N) is 1. The Bertz CT molecular complexity index is 809. The van der Waals surface area contributed by atoms with Gasteiger partial charge in [0.05, 0.1) is 19.4 Å². The molecular formula is C20H24NO4P. The van der Waals surface area contributed by atoms with E-state index in [0.717, 1.165) is 17.7 Å². The summed E-state index contributed by atoms with van der Waals surface area (Å²) >= 11 is 0. The van der Waals surface area contributed by atoms with Crippen LogP contribution in [0, 0.1) is 0 Å². The summed E-state index contributed by atoms with van der Waals surface area (Å²) in [4.78, 5) is 14.6. The second-order valence-corrected chi connectivity index (χ2v) is 8.19. The summed E-state index contributed by atoms with van der Waals surface area (Å²) < 4.78 is 23.3. The van der Waals surface area contributed by atoms with E-state index in [9.17, 15) is 9.36 Å². The van der Waals surface area contributed by atoms with Crippen molar-refractivity contribution in [1.29, 1.82) is 0 Å². The molecule has 0 saturated heterocycles. The maximum Gasteiger partial charge on any atom is 0.335 e. The van der Waals surface area contributed by atoms with Gasteiger partial charge in [0.15, 0.2) is 0 Å². The van der Waals surface area contributed by atoms with E-state index in [1.165, 1.54) is 5.56 Å². The number of hydrogen-bond acceptors (Lipinski definition) is 4. The van der Waals surface area contributed by atoms with Crippen LogP contribution in [0.25, 0.3) is 0 Å². The molecule has 2 aromatic rings. The average molecular weight is 373 g/mol. The lowest BCUT2D eigenvalue weighted by atomic mass is 10.1. The summed E-state index contributed by atoms with van der Waals surface area (Å²) in [6, 6.07) is 15.2. The number of rotatable bonds is 7. The van der Waals surface area contributed by atoms with E-state index in [1.807, 2.05) is 35.2 Å². The third kappa shape index (κ3) is 4.07. The number of carbonyl (C=O) groups excluding carboxylic acids is 1. The summed E-state index contributed by atoms with van der Waals surface area (Å²) in [6.45, 7) is 4.96. The Hall–Kier alpha value is -1.94. The molecule has 0 atom stereocenters. The first-order valence-electron chi connectivity index (χ1n) is 8.93. The number of anilines is 1. The fraction of sp³-hybridized carbons (Fsp3) is 0.350. The van der Waals surface area contributed by atoms with Gasteiger partial charge in [-0.15, -0.1) is 0 Å². The molecule has 3 rings (SSSR count). The van der Waals surface area contributed by atoms with Gasteiger partial charge in [-0.1, -0.05) is 30.3 Å². The van der Waals surface area contributed by atoms with Crippen LogP contribution in [-0.2, 0) is 26.2 Å². The van der Waals surface area contributed by atoms with E-state index in [1.54, 1.807) is 26.0 Å². The molecule has 0 radical (unpaired) electrons. The van der Waals surface area contributed by atoms with E-state index in [4.69, 9.17) is 9.05 Å². The lowest BCUT2D eigenvalue weighted by molar-refractivity contribution is 0.0989. The zero-order valence-electron chi connectivity index (χ0n) is 15.2. The maximum absolute atomic E-state index is 12.8. The van der Waals surface area contributed by atoms with Gasteiger partial charge >= 0.3 is 7.60 Å². The highest BCUT2D eigenvalue weighted by atomic mass is 31.2. The Balaban J connectivity index is 1.74. The standard InChI is InChI=1S/C20H24NO4P/c1-3-24-26(23,25-4-2)15-16-9-11-18(12-10-16)20(22)21-14-13-17-7-5-6-8-19(17)21/h5-12H,3-4,13-15H2,1-2H3. The quantitative estimate of drug-likeness (QED) is 0.663. The first kappa shape index (κ1) is 18.8. The molecule has 0 N–H and O–H groups in total. The molecule has 1 aliphatic heterocycles. The van der Waals surface area contributed by atoms with Crippen LogP contribution < -0.4 is 4.90 Å². The molecule has 2 aromatic carbocycles. The van der Waals surface area contributed by atoms with E-state index in [2.05, 4.69) is 6.07 Å². The third-order valence-corrected chi connectivity index (χ3v) is 6.42. The van der Waals surface area contributed by atoms with Crippen molar-refractivity contribution in [2.75, 3.05) is 24.7 Å². The number of hydrogen-bond donors (Lipinski definition) is 0. The SMILES string of the molecule is CCOP(=O)(Cc1ccc(C(=O)N2CCc3ccccc32)cc1)OCC. The number of para-hydroxylation sites is 1. The first-order chi connectivity index (χ1) is 12.6. The van der Waals surface area contributed by atoms with Gasteiger partial charge in [0.2, 0.25) is 0 Å². The summed E-state index contributed by atoms with van der Waals surface area (Å²) in [5.74, 6) is -0.0145. The number of fused-ring (bicyclic) bond motifs is 1. The molecule has 5 nitrogen and oxygen atoms in total.